The zero-order chi connectivity index (χ0) is 22.0. The van der Waals surface area contributed by atoms with E-state index in [1.54, 1.807) is 37.6 Å². The molecular weight excluding hydrogens is 399 g/mol. The number of pyridine rings is 1. The molecule has 0 radical (unpaired) electrons. The van der Waals surface area contributed by atoms with E-state index in [2.05, 4.69) is 15.2 Å². The second-order valence-corrected chi connectivity index (χ2v) is 7.11. The Balaban J connectivity index is 1.64. The van der Waals surface area contributed by atoms with E-state index < -0.39 is 5.82 Å². The molecule has 31 heavy (non-hydrogen) atoms. The molecule has 2 N–H and O–H groups in total. The monoisotopic (exact) mass is 420 g/mol. The fourth-order valence-electron chi connectivity index (χ4n) is 3.58. The van der Waals surface area contributed by atoms with Gasteiger partial charge in [-0.2, -0.15) is 5.10 Å². The first-order chi connectivity index (χ1) is 15.0. The molecule has 0 unspecified atom stereocenters. The van der Waals surface area contributed by atoms with Crippen LogP contribution >= 0.6 is 0 Å². The molecule has 4 aromatic rings. The summed E-state index contributed by atoms with van der Waals surface area (Å²) in [7, 11) is 3.07. The molecule has 0 aliphatic heterocycles. The number of halogens is 1. The number of H-pyrrole nitrogens is 1. The first-order valence-electron chi connectivity index (χ1n) is 9.62. The molecule has 8 heteroatoms. The van der Waals surface area contributed by atoms with E-state index in [1.807, 2.05) is 18.2 Å². The standard InChI is InChI=1S/C23H21FN4O3/c1-28(12-16-10-25-19(13-29)17-11-26-27-22(16)17)23(30)15-8-18(24)21(20(9-15)31-2)14-6-4-3-5-7-14/h3-11,29H,12-13H2,1-2H3,(H,26,27). The number of fused-ring (bicyclic) bond motifs is 1. The molecule has 0 bridgehead atoms. The SMILES string of the molecule is COc1cc(C(=O)N(C)Cc2cnc(CO)c3cn[nH]c23)cc(F)c1-c1ccccc1. The molecule has 1 amide bonds. The summed E-state index contributed by atoms with van der Waals surface area (Å²) < 4.78 is 20.4. The predicted octanol–water partition coefficient (Wildman–Crippen LogP) is 3.54. The number of rotatable bonds is 6. The largest absolute Gasteiger partial charge is 0.496 e. The first-order valence-corrected chi connectivity index (χ1v) is 9.62. The number of aromatic amines is 1. The number of carbonyl (C=O) groups is 1. The molecule has 0 atom stereocenters. The van der Waals surface area contributed by atoms with Gasteiger partial charge in [0, 0.05) is 36.3 Å². The minimum atomic E-state index is -0.535. The average Bonchev–Trinajstić information content (AvgIpc) is 3.29. The van der Waals surface area contributed by atoms with Crippen molar-refractivity contribution in [1.82, 2.24) is 20.1 Å². The molecule has 2 aromatic carbocycles. The summed E-state index contributed by atoms with van der Waals surface area (Å²) in [4.78, 5) is 18.7. The van der Waals surface area contributed by atoms with E-state index in [9.17, 15) is 14.3 Å². The van der Waals surface area contributed by atoms with E-state index in [1.165, 1.54) is 18.1 Å². The summed E-state index contributed by atoms with van der Waals surface area (Å²) in [6.45, 7) is 0.0124. The van der Waals surface area contributed by atoms with Gasteiger partial charge in [0.2, 0.25) is 0 Å². The number of ether oxygens (including phenoxy) is 1. The normalized spacial score (nSPS) is 11.0. The molecule has 0 saturated heterocycles. The summed E-state index contributed by atoms with van der Waals surface area (Å²) in [5, 5.41) is 17.0. The Labute approximate surface area is 178 Å². The van der Waals surface area contributed by atoms with Crippen molar-refractivity contribution in [3.8, 4) is 16.9 Å². The number of nitrogens with zero attached hydrogens (tertiary/aromatic N) is 3. The van der Waals surface area contributed by atoms with Gasteiger partial charge < -0.3 is 14.7 Å². The van der Waals surface area contributed by atoms with Gasteiger partial charge in [-0.15, -0.1) is 0 Å². The highest BCUT2D eigenvalue weighted by molar-refractivity contribution is 5.96. The molecule has 0 aliphatic carbocycles. The minimum Gasteiger partial charge on any atom is -0.496 e. The van der Waals surface area contributed by atoms with E-state index in [-0.39, 0.29) is 30.4 Å². The van der Waals surface area contributed by atoms with Gasteiger partial charge >= 0.3 is 0 Å². The van der Waals surface area contributed by atoms with Crippen molar-refractivity contribution in [1.29, 1.82) is 0 Å². The van der Waals surface area contributed by atoms with Crippen LogP contribution in [0, 0.1) is 5.82 Å². The number of aromatic nitrogens is 3. The number of nitrogens with one attached hydrogen (secondary N) is 1. The number of aliphatic hydroxyl groups is 1. The first kappa shape index (κ1) is 20.5. The number of amides is 1. The van der Waals surface area contributed by atoms with Crippen LogP contribution in [0.3, 0.4) is 0 Å². The van der Waals surface area contributed by atoms with Crippen LogP contribution in [0.4, 0.5) is 4.39 Å². The van der Waals surface area contributed by atoms with Crippen molar-refractivity contribution < 1.29 is 19.0 Å². The van der Waals surface area contributed by atoms with Gasteiger partial charge in [-0.1, -0.05) is 30.3 Å². The Morgan fingerprint density at radius 3 is 2.71 bits per heavy atom. The maximum Gasteiger partial charge on any atom is 0.254 e. The lowest BCUT2D eigenvalue weighted by Crippen LogP contribution is -2.26. The molecule has 4 rings (SSSR count). The third kappa shape index (κ3) is 3.85. The van der Waals surface area contributed by atoms with Crippen LogP contribution in [-0.2, 0) is 13.2 Å². The molecule has 158 valence electrons. The minimum absolute atomic E-state index is 0.178. The summed E-state index contributed by atoms with van der Waals surface area (Å²) in [5.41, 5.74) is 3.09. The van der Waals surface area contributed by atoms with Crippen molar-refractivity contribution in [2.75, 3.05) is 14.2 Å². The lowest BCUT2D eigenvalue weighted by molar-refractivity contribution is 0.0784. The van der Waals surface area contributed by atoms with Crippen molar-refractivity contribution in [2.45, 2.75) is 13.2 Å². The van der Waals surface area contributed by atoms with Crippen LogP contribution in [0.25, 0.3) is 22.0 Å². The second-order valence-electron chi connectivity index (χ2n) is 7.11. The van der Waals surface area contributed by atoms with Gasteiger partial charge in [-0.25, -0.2) is 4.39 Å². The maximum atomic E-state index is 15.0. The summed E-state index contributed by atoms with van der Waals surface area (Å²) >= 11 is 0. The summed E-state index contributed by atoms with van der Waals surface area (Å²) in [6, 6.07) is 11.8. The van der Waals surface area contributed by atoms with E-state index in [0.29, 0.717) is 27.7 Å². The molecule has 0 aliphatic rings. The third-order valence-corrected chi connectivity index (χ3v) is 5.13. The highest BCUT2D eigenvalue weighted by Crippen LogP contribution is 2.34. The van der Waals surface area contributed by atoms with Crippen LogP contribution in [0.15, 0.2) is 54.9 Å². The lowest BCUT2D eigenvalue weighted by atomic mass is 10.0. The van der Waals surface area contributed by atoms with Gasteiger partial charge in [0.1, 0.15) is 11.6 Å². The lowest BCUT2D eigenvalue weighted by Gasteiger charge is -2.19. The maximum absolute atomic E-state index is 15.0. The smallest absolute Gasteiger partial charge is 0.254 e. The van der Waals surface area contributed by atoms with Gasteiger partial charge in [-0.3, -0.25) is 14.9 Å². The third-order valence-electron chi connectivity index (χ3n) is 5.13. The van der Waals surface area contributed by atoms with Gasteiger partial charge in [0.25, 0.3) is 5.91 Å². The van der Waals surface area contributed by atoms with Gasteiger partial charge in [0.15, 0.2) is 0 Å². The number of hydrogen-bond donors (Lipinski definition) is 2. The number of methoxy groups -OCH3 is 1. The highest BCUT2D eigenvalue weighted by atomic mass is 19.1. The Morgan fingerprint density at radius 2 is 2.00 bits per heavy atom. The zero-order valence-corrected chi connectivity index (χ0v) is 17.1. The van der Waals surface area contributed by atoms with Gasteiger partial charge in [0.05, 0.1) is 36.7 Å². The molecule has 2 aromatic heterocycles. The number of carbonyl (C=O) groups excluding carboxylic acids is 1. The van der Waals surface area contributed by atoms with E-state index >= 15 is 0 Å². The fraction of sp³-hybridized carbons (Fsp3) is 0.174. The summed E-state index contributed by atoms with van der Waals surface area (Å²) in [6.07, 6.45) is 3.18. The topological polar surface area (TPSA) is 91.3 Å². The molecular formula is C23H21FN4O3. The van der Waals surface area contributed by atoms with Crippen LogP contribution in [0.5, 0.6) is 5.75 Å². The van der Waals surface area contributed by atoms with E-state index in [0.717, 1.165) is 5.56 Å². The quantitative estimate of drug-likeness (QED) is 0.498. The number of hydrogen-bond acceptors (Lipinski definition) is 5. The molecule has 0 spiro atoms. The highest BCUT2D eigenvalue weighted by Gasteiger charge is 2.20. The predicted molar refractivity (Wildman–Crippen MR) is 114 cm³/mol. The number of aliphatic hydroxyl groups excluding tert-OH is 1. The Kier molecular flexibility index (Phi) is 5.64. The van der Waals surface area contributed by atoms with Crippen LogP contribution in [0.1, 0.15) is 21.6 Å². The second kappa shape index (κ2) is 8.53. The fourth-order valence-corrected chi connectivity index (χ4v) is 3.58. The Morgan fingerprint density at radius 1 is 1.23 bits per heavy atom. The molecule has 0 saturated carbocycles. The molecule has 7 nitrogen and oxygen atoms in total. The number of benzene rings is 2. The van der Waals surface area contributed by atoms with Crippen molar-refractivity contribution in [3.63, 3.8) is 0 Å². The summed E-state index contributed by atoms with van der Waals surface area (Å²) in [5.74, 6) is -0.615. The van der Waals surface area contributed by atoms with E-state index in [4.69, 9.17) is 4.74 Å². The van der Waals surface area contributed by atoms with Crippen LogP contribution in [0.2, 0.25) is 0 Å². The molecule has 0 fully saturated rings. The van der Waals surface area contributed by atoms with Crippen molar-refractivity contribution >= 4 is 16.8 Å². The van der Waals surface area contributed by atoms with Crippen molar-refractivity contribution in [2.24, 2.45) is 0 Å². The van der Waals surface area contributed by atoms with Gasteiger partial charge in [-0.05, 0) is 17.7 Å². The average molecular weight is 420 g/mol. The van der Waals surface area contributed by atoms with Crippen molar-refractivity contribution in [3.05, 3.63) is 77.5 Å². The molecule has 2 heterocycles. The van der Waals surface area contributed by atoms with Crippen LogP contribution < -0.4 is 4.74 Å². The Hall–Kier alpha value is -3.78. The zero-order valence-electron chi connectivity index (χ0n) is 17.1. The van der Waals surface area contributed by atoms with Crippen LogP contribution in [-0.4, -0.2) is 45.3 Å². The Bertz CT molecular complexity index is 1240.